The summed E-state index contributed by atoms with van der Waals surface area (Å²) in [7, 11) is 0. The number of carbonyl (C=O) groups is 1. The minimum Gasteiger partial charge on any atom is -0.494 e. The first kappa shape index (κ1) is 20.2. The second-order valence-corrected chi connectivity index (χ2v) is 7.87. The molecule has 1 aromatic heterocycles. The number of benzene rings is 2. The number of imidazole rings is 1. The van der Waals surface area contributed by atoms with Crippen LogP contribution < -0.4 is 4.74 Å². The highest BCUT2D eigenvalue weighted by atomic mass is 16.5. The largest absolute Gasteiger partial charge is 0.494 e. The van der Waals surface area contributed by atoms with E-state index < -0.39 is 0 Å². The molecule has 5 nitrogen and oxygen atoms in total. The van der Waals surface area contributed by atoms with Gasteiger partial charge in [-0.15, -0.1) is 0 Å². The molecule has 2 aromatic carbocycles. The van der Waals surface area contributed by atoms with E-state index in [-0.39, 0.29) is 5.91 Å². The molecule has 4 rings (SSSR count). The number of hydrogen-bond donors (Lipinski definition) is 0. The summed E-state index contributed by atoms with van der Waals surface area (Å²) in [6.07, 6.45) is 9.82. The quantitative estimate of drug-likeness (QED) is 0.572. The van der Waals surface area contributed by atoms with Gasteiger partial charge in [-0.05, 0) is 80.5 Å². The number of nitrogens with zero attached hydrogens (tertiary/aromatic N) is 3. The molecule has 0 radical (unpaired) electrons. The number of ether oxygens (including phenoxy) is 1. The highest BCUT2D eigenvalue weighted by Gasteiger charge is 2.23. The molecular weight excluding hydrogens is 374 g/mol. The molecular formula is C25H29N3O2. The van der Waals surface area contributed by atoms with Gasteiger partial charge in [-0.3, -0.25) is 4.79 Å². The van der Waals surface area contributed by atoms with Crippen molar-refractivity contribution in [1.29, 1.82) is 0 Å². The molecule has 1 fully saturated rings. The summed E-state index contributed by atoms with van der Waals surface area (Å²) < 4.78 is 7.44. The van der Waals surface area contributed by atoms with Crippen molar-refractivity contribution in [3.05, 3.63) is 78.4 Å². The Morgan fingerprint density at radius 1 is 1.07 bits per heavy atom. The maximum atomic E-state index is 12.9. The van der Waals surface area contributed by atoms with Gasteiger partial charge in [0.05, 0.1) is 12.9 Å². The fourth-order valence-electron chi connectivity index (χ4n) is 4.09. The molecule has 156 valence electrons. The Morgan fingerprint density at radius 3 is 2.43 bits per heavy atom. The van der Waals surface area contributed by atoms with E-state index in [0.717, 1.165) is 49.4 Å². The van der Waals surface area contributed by atoms with Crippen LogP contribution in [0.5, 0.6) is 5.75 Å². The van der Waals surface area contributed by atoms with Crippen LogP contribution in [0.4, 0.5) is 0 Å². The standard InChI is InChI=1S/C25H29N3O2/c1-2-30-24-11-5-20(6-12-24)3-4-21-13-16-27(17-14-21)25(29)22-7-9-23(10-8-22)28-18-15-26-19-28/h5-12,15,18-19,21H,2-4,13-14,16-17H2,1H3. The average molecular weight is 404 g/mol. The molecule has 3 aromatic rings. The Bertz CT molecular complexity index is 926. The highest BCUT2D eigenvalue weighted by Crippen LogP contribution is 2.24. The third-order valence-electron chi connectivity index (χ3n) is 5.89. The summed E-state index contributed by atoms with van der Waals surface area (Å²) in [6, 6.07) is 16.2. The van der Waals surface area contributed by atoms with Crippen molar-refractivity contribution in [3.63, 3.8) is 0 Å². The van der Waals surface area contributed by atoms with E-state index in [1.54, 1.807) is 12.5 Å². The topological polar surface area (TPSA) is 47.4 Å². The highest BCUT2D eigenvalue weighted by molar-refractivity contribution is 5.94. The van der Waals surface area contributed by atoms with E-state index in [9.17, 15) is 4.79 Å². The summed E-state index contributed by atoms with van der Waals surface area (Å²) in [5.41, 5.74) is 3.12. The summed E-state index contributed by atoms with van der Waals surface area (Å²) in [5, 5.41) is 0. The maximum Gasteiger partial charge on any atom is 0.253 e. The Hall–Kier alpha value is -3.08. The van der Waals surface area contributed by atoms with Crippen LogP contribution >= 0.6 is 0 Å². The first-order chi connectivity index (χ1) is 14.7. The van der Waals surface area contributed by atoms with Gasteiger partial charge < -0.3 is 14.2 Å². The smallest absolute Gasteiger partial charge is 0.253 e. The van der Waals surface area contributed by atoms with E-state index >= 15 is 0 Å². The number of rotatable bonds is 7. The fourth-order valence-corrected chi connectivity index (χ4v) is 4.09. The van der Waals surface area contributed by atoms with E-state index in [1.807, 2.05) is 46.9 Å². The van der Waals surface area contributed by atoms with Gasteiger partial charge in [0, 0.05) is 36.7 Å². The molecule has 30 heavy (non-hydrogen) atoms. The minimum absolute atomic E-state index is 0.136. The van der Waals surface area contributed by atoms with Crippen LogP contribution in [0, 0.1) is 5.92 Å². The number of carbonyl (C=O) groups excluding carboxylic acids is 1. The van der Waals surface area contributed by atoms with Crippen molar-refractivity contribution in [3.8, 4) is 11.4 Å². The van der Waals surface area contributed by atoms with Gasteiger partial charge in [-0.2, -0.15) is 0 Å². The van der Waals surface area contributed by atoms with E-state index in [2.05, 4.69) is 29.2 Å². The van der Waals surface area contributed by atoms with Crippen molar-refractivity contribution in [2.75, 3.05) is 19.7 Å². The fraction of sp³-hybridized carbons (Fsp3) is 0.360. The summed E-state index contributed by atoms with van der Waals surface area (Å²) in [4.78, 5) is 18.9. The Labute approximate surface area is 178 Å². The number of aryl methyl sites for hydroxylation is 1. The zero-order valence-electron chi connectivity index (χ0n) is 17.5. The van der Waals surface area contributed by atoms with Crippen LogP contribution in [0.25, 0.3) is 5.69 Å². The van der Waals surface area contributed by atoms with E-state index in [4.69, 9.17) is 4.74 Å². The van der Waals surface area contributed by atoms with Crippen molar-refractivity contribution in [2.45, 2.75) is 32.6 Å². The normalized spacial score (nSPS) is 14.6. The summed E-state index contributed by atoms with van der Waals surface area (Å²) >= 11 is 0. The van der Waals surface area contributed by atoms with Gasteiger partial charge in [-0.1, -0.05) is 12.1 Å². The maximum absolute atomic E-state index is 12.9. The lowest BCUT2D eigenvalue weighted by atomic mass is 9.90. The Kier molecular flexibility index (Phi) is 6.47. The lowest BCUT2D eigenvalue weighted by Crippen LogP contribution is -2.38. The molecule has 0 spiro atoms. The molecule has 0 bridgehead atoms. The van der Waals surface area contributed by atoms with Crippen molar-refractivity contribution < 1.29 is 9.53 Å². The molecule has 1 amide bonds. The molecule has 5 heteroatoms. The van der Waals surface area contributed by atoms with Crippen LogP contribution in [0.2, 0.25) is 0 Å². The van der Waals surface area contributed by atoms with Crippen LogP contribution in [-0.2, 0) is 6.42 Å². The van der Waals surface area contributed by atoms with Gasteiger partial charge in [0.1, 0.15) is 5.75 Å². The molecule has 0 N–H and O–H groups in total. The molecule has 0 unspecified atom stereocenters. The van der Waals surface area contributed by atoms with Crippen molar-refractivity contribution in [2.24, 2.45) is 5.92 Å². The number of amides is 1. The molecule has 2 heterocycles. The monoisotopic (exact) mass is 403 g/mol. The third kappa shape index (κ3) is 4.90. The van der Waals surface area contributed by atoms with Gasteiger partial charge in [-0.25, -0.2) is 4.98 Å². The van der Waals surface area contributed by atoms with Gasteiger partial charge in [0.15, 0.2) is 0 Å². The van der Waals surface area contributed by atoms with Crippen molar-refractivity contribution >= 4 is 5.91 Å². The zero-order chi connectivity index (χ0) is 20.8. The summed E-state index contributed by atoms with van der Waals surface area (Å²) in [5.74, 6) is 1.76. The molecule has 1 aliphatic heterocycles. The number of likely N-dealkylation sites (tertiary alicyclic amines) is 1. The number of hydrogen-bond acceptors (Lipinski definition) is 3. The number of aromatic nitrogens is 2. The summed E-state index contributed by atoms with van der Waals surface area (Å²) in [6.45, 7) is 4.39. The van der Waals surface area contributed by atoms with Gasteiger partial charge in [0.2, 0.25) is 0 Å². The number of piperidine rings is 1. The molecule has 1 saturated heterocycles. The first-order valence-electron chi connectivity index (χ1n) is 10.8. The lowest BCUT2D eigenvalue weighted by molar-refractivity contribution is 0.0687. The third-order valence-corrected chi connectivity index (χ3v) is 5.89. The van der Waals surface area contributed by atoms with Crippen LogP contribution in [-0.4, -0.2) is 40.1 Å². The van der Waals surface area contributed by atoms with Gasteiger partial charge >= 0.3 is 0 Å². The van der Waals surface area contributed by atoms with Crippen LogP contribution in [0.3, 0.4) is 0 Å². The molecule has 0 atom stereocenters. The van der Waals surface area contributed by atoms with E-state index in [0.29, 0.717) is 12.5 Å². The van der Waals surface area contributed by atoms with Gasteiger partial charge in [0.25, 0.3) is 5.91 Å². The van der Waals surface area contributed by atoms with E-state index in [1.165, 1.54) is 12.0 Å². The lowest BCUT2D eigenvalue weighted by Gasteiger charge is -2.32. The second kappa shape index (κ2) is 9.61. The predicted molar refractivity (Wildman–Crippen MR) is 118 cm³/mol. The Balaban J connectivity index is 1.25. The predicted octanol–water partition coefficient (Wildman–Crippen LogP) is 4.76. The second-order valence-electron chi connectivity index (χ2n) is 7.87. The molecule has 1 aliphatic rings. The van der Waals surface area contributed by atoms with Crippen LogP contribution in [0.1, 0.15) is 42.1 Å². The average Bonchev–Trinajstić information content (AvgIpc) is 3.34. The van der Waals surface area contributed by atoms with Crippen molar-refractivity contribution in [1.82, 2.24) is 14.5 Å². The first-order valence-corrected chi connectivity index (χ1v) is 10.8. The molecule has 0 saturated carbocycles. The molecule has 0 aliphatic carbocycles. The zero-order valence-corrected chi connectivity index (χ0v) is 17.5. The SMILES string of the molecule is CCOc1ccc(CCC2CCN(C(=O)c3ccc(-n4ccnc4)cc3)CC2)cc1. The van der Waals surface area contributed by atoms with Crippen LogP contribution in [0.15, 0.2) is 67.3 Å². The Morgan fingerprint density at radius 2 is 1.80 bits per heavy atom. The minimum atomic E-state index is 0.136.